The molecule has 1 aliphatic carbocycles. The molecule has 1 aromatic heterocycles. The molecule has 0 saturated heterocycles. The first kappa shape index (κ1) is 18.2. The van der Waals surface area contributed by atoms with E-state index in [1.54, 1.807) is 19.1 Å². The van der Waals surface area contributed by atoms with Gasteiger partial charge in [-0.05, 0) is 38.3 Å². The van der Waals surface area contributed by atoms with Crippen LogP contribution >= 0.6 is 0 Å². The summed E-state index contributed by atoms with van der Waals surface area (Å²) in [5.41, 5.74) is 0.593. The molecule has 6 heteroatoms. The van der Waals surface area contributed by atoms with E-state index in [-0.39, 0.29) is 35.6 Å². The summed E-state index contributed by atoms with van der Waals surface area (Å²) >= 11 is 0. The molecule has 0 radical (unpaired) electrons. The third kappa shape index (κ3) is 4.94. The van der Waals surface area contributed by atoms with Gasteiger partial charge in [-0.2, -0.15) is 0 Å². The van der Waals surface area contributed by atoms with Crippen LogP contribution in [0.4, 0.5) is 5.69 Å². The second kappa shape index (κ2) is 8.66. The van der Waals surface area contributed by atoms with Crippen LogP contribution < -0.4 is 16.2 Å². The number of hydrogen-bond acceptors (Lipinski definition) is 3. The molecule has 6 nitrogen and oxygen atoms in total. The van der Waals surface area contributed by atoms with Gasteiger partial charge in [-0.3, -0.25) is 14.4 Å². The molecule has 0 aliphatic heterocycles. The molecule has 24 heavy (non-hydrogen) atoms. The number of pyridine rings is 1. The Balaban J connectivity index is 2.06. The lowest BCUT2D eigenvalue weighted by Gasteiger charge is -2.23. The Morgan fingerprint density at radius 3 is 2.54 bits per heavy atom. The number of amides is 2. The van der Waals surface area contributed by atoms with Crippen molar-refractivity contribution in [2.24, 2.45) is 0 Å². The van der Waals surface area contributed by atoms with Crippen molar-refractivity contribution in [3.05, 3.63) is 28.2 Å². The number of rotatable bonds is 6. The van der Waals surface area contributed by atoms with Crippen LogP contribution in [0.25, 0.3) is 0 Å². The van der Waals surface area contributed by atoms with E-state index in [1.165, 1.54) is 11.0 Å². The first-order valence-electron chi connectivity index (χ1n) is 8.81. The quantitative estimate of drug-likeness (QED) is 0.838. The minimum atomic E-state index is -0.335. The van der Waals surface area contributed by atoms with Gasteiger partial charge < -0.3 is 15.2 Å². The van der Waals surface area contributed by atoms with E-state index in [1.807, 2.05) is 6.92 Å². The Morgan fingerprint density at radius 2 is 1.88 bits per heavy atom. The lowest BCUT2D eigenvalue weighted by molar-refractivity contribution is -0.122. The summed E-state index contributed by atoms with van der Waals surface area (Å²) in [4.78, 5) is 36.5. The van der Waals surface area contributed by atoms with Gasteiger partial charge in [0.05, 0.1) is 0 Å². The molecule has 0 unspecified atom stereocenters. The van der Waals surface area contributed by atoms with Gasteiger partial charge in [0.2, 0.25) is 11.8 Å². The van der Waals surface area contributed by atoms with E-state index in [0.29, 0.717) is 12.1 Å². The summed E-state index contributed by atoms with van der Waals surface area (Å²) in [7, 11) is 0. The van der Waals surface area contributed by atoms with Crippen molar-refractivity contribution in [2.75, 3.05) is 5.32 Å². The fourth-order valence-corrected chi connectivity index (χ4v) is 3.07. The Hall–Kier alpha value is -2.11. The third-order valence-corrected chi connectivity index (χ3v) is 4.42. The monoisotopic (exact) mass is 333 g/mol. The van der Waals surface area contributed by atoms with Crippen molar-refractivity contribution in [1.82, 2.24) is 9.88 Å². The van der Waals surface area contributed by atoms with Crippen LogP contribution in [0.2, 0.25) is 0 Å². The van der Waals surface area contributed by atoms with E-state index in [9.17, 15) is 14.4 Å². The largest absolute Gasteiger partial charge is 0.352 e. The molecule has 2 rings (SSSR count). The Kier molecular flexibility index (Phi) is 6.58. The van der Waals surface area contributed by atoms with Crippen molar-refractivity contribution >= 4 is 17.5 Å². The van der Waals surface area contributed by atoms with Crippen LogP contribution in [0.3, 0.4) is 0 Å². The highest BCUT2D eigenvalue weighted by atomic mass is 16.2. The van der Waals surface area contributed by atoms with Gasteiger partial charge in [-0.1, -0.05) is 26.2 Å². The zero-order valence-corrected chi connectivity index (χ0v) is 14.6. The van der Waals surface area contributed by atoms with Crippen LogP contribution in [0.5, 0.6) is 0 Å². The first-order chi connectivity index (χ1) is 11.5. The minimum Gasteiger partial charge on any atom is -0.352 e. The van der Waals surface area contributed by atoms with Crippen LogP contribution in [0.15, 0.2) is 16.9 Å². The van der Waals surface area contributed by atoms with Crippen molar-refractivity contribution in [1.29, 1.82) is 0 Å². The van der Waals surface area contributed by atoms with Gasteiger partial charge in [-0.25, -0.2) is 0 Å². The lowest BCUT2D eigenvalue weighted by atomic mass is 9.95. The number of carbonyl (C=O) groups excluding carboxylic acids is 2. The second-order valence-electron chi connectivity index (χ2n) is 6.48. The lowest BCUT2D eigenvalue weighted by Crippen LogP contribution is -2.40. The fraction of sp³-hybridized carbons (Fsp3) is 0.611. The Bertz CT molecular complexity index is 645. The molecule has 1 aromatic rings. The number of carbonyl (C=O) groups is 2. The predicted molar refractivity (Wildman–Crippen MR) is 94.0 cm³/mol. The maximum Gasteiger partial charge on any atom is 0.274 e. The van der Waals surface area contributed by atoms with Crippen LogP contribution in [-0.2, 0) is 16.1 Å². The number of anilines is 1. The zero-order valence-electron chi connectivity index (χ0n) is 14.6. The smallest absolute Gasteiger partial charge is 0.274 e. The van der Waals surface area contributed by atoms with Gasteiger partial charge in [0.1, 0.15) is 12.2 Å². The molecular formula is C18H27N3O3. The highest BCUT2D eigenvalue weighted by Gasteiger charge is 2.17. The molecule has 0 bridgehead atoms. The van der Waals surface area contributed by atoms with Crippen molar-refractivity contribution in [3.63, 3.8) is 0 Å². The maximum atomic E-state index is 12.5. The zero-order chi connectivity index (χ0) is 17.5. The summed E-state index contributed by atoms with van der Waals surface area (Å²) < 4.78 is 1.42. The number of aryl methyl sites for hydroxylation is 1. The van der Waals surface area contributed by atoms with E-state index >= 15 is 0 Å². The predicted octanol–water partition coefficient (Wildman–Crippen LogP) is 2.34. The SMILES string of the molecule is CCCC(=O)Nc1ccc(C)n(CC(=O)NC2CCCCC2)c1=O. The van der Waals surface area contributed by atoms with Crippen LogP contribution in [-0.4, -0.2) is 22.4 Å². The standard InChI is InChI=1S/C18H27N3O3/c1-3-7-16(22)20-15-11-10-13(2)21(18(15)24)12-17(23)19-14-8-5-4-6-9-14/h10-11,14H,3-9,12H2,1-2H3,(H,19,23)(H,20,22). The number of aromatic nitrogens is 1. The van der Waals surface area contributed by atoms with E-state index < -0.39 is 0 Å². The summed E-state index contributed by atoms with van der Waals surface area (Å²) in [5, 5.41) is 5.65. The molecule has 0 aromatic carbocycles. The van der Waals surface area contributed by atoms with Crippen molar-refractivity contribution in [2.45, 2.75) is 71.4 Å². The molecule has 1 fully saturated rings. The summed E-state index contributed by atoms with van der Waals surface area (Å²) in [6, 6.07) is 3.56. The average Bonchev–Trinajstić information content (AvgIpc) is 2.55. The van der Waals surface area contributed by atoms with Gasteiger partial charge in [0.15, 0.2) is 0 Å². The van der Waals surface area contributed by atoms with E-state index in [0.717, 1.165) is 32.1 Å². The van der Waals surface area contributed by atoms with Crippen LogP contribution in [0.1, 0.15) is 57.6 Å². The number of hydrogen-bond donors (Lipinski definition) is 2. The molecule has 0 atom stereocenters. The summed E-state index contributed by atoms with van der Waals surface area (Å²) in [5.74, 6) is -0.333. The van der Waals surface area contributed by atoms with E-state index in [4.69, 9.17) is 0 Å². The Morgan fingerprint density at radius 1 is 1.17 bits per heavy atom. The van der Waals surface area contributed by atoms with Crippen molar-refractivity contribution in [3.8, 4) is 0 Å². The van der Waals surface area contributed by atoms with Crippen molar-refractivity contribution < 1.29 is 9.59 Å². The van der Waals surface area contributed by atoms with Gasteiger partial charge in [0, 0.05) is 18.2 Å². The van der Waals surface area contributed by atoms with Gasteiger partial charge >= 0.3 is 0 Å². The second-order valence-corrected chi connectivity index (χ2v) is 6.48. The number of nitrogens with one attached hydrogen (secondary N) is 2. The number of nitrogens with zero attached hydrogens (tertiary/aromatic N) is 1. The topological polar surface area (TPSA) is 80.2 Å². The normalized spacial score (nSPS) is 15.1. The highest BCUT2D eigenvalue weighted by molar-refractivity contribution is 5.90. The average molecular weight is 333 g/mol. The minimum absolute atomic E-state index is 0.0152. The summed E-state index contributed by atoms with van der Waals surface area (Å²) in [6.07, 6.45) is 6.61. The fourth-order valence-electron chi connectivity index (χ4n) is 3.07. The van der Waals surface area contributed by atoms with Gasteiger partial charge in [0.25, 0.3) is 5.56 Å². The first-order valence-corrected chi connectivity index (χ1v) is 8.81. The maximum absolute atomic E-state index is 12.5. The Labute approximate surface area is 142 Å². The summed E-state index contributed by atoms with van der Waals surface area (Å²) in [6.45, 7) is 3.67. The molecule has 132 valence electrons. The van der Waals surface area contributed by atoms with E-state index in [2.05, 4.69) is 10.6 Å². The molecule has 0 spiro atoms. The highest BCUT2D eigenvalue weighted by Crippen LogP contribution is 2.17. The molecule has 1 saturated carbocycles. The van der Waals surface area contributed by atoms with Gasteiger partial charge in [-0.15, -0.1) is 0 Å². The van der Waals surface area contributed by atoms with Crippen LogP contribution in [0, 0.1) is 6.92 Å². The molecule has 1 heterocycles. The molecule has 2 N–H and O–H groups in total. The molecular weight excluding hydrogens is 306 g/mol. The molecule has 2 amide bonds. The molecule has 1 aliphatic rings. The third-order valence-electron chi connectivity index (χ3n) is 4.42.